The summed E-state index contributed by atoms with van der Waals surface area (Å²) >= 11 is 0. The van der Waals surface area contributed by atoms with Crippen LogP contribution in [0.15, 0.2) is 29.2 Å². The van der Waals surface area contributed by atoms with Crippen molar-refractivity contribution >= 4 is 21.8 Å². The number of carbonyl (C=O) groups is 2. The SMILES string of the molecule is CCC1C(=O)NC2CC(NC(=O)c3ccc(S(=O)(=O)N4CCOCC4)cc3)CCC2C1C. The van der Waals surface area contributed by atoms with Gasteiger partial charge in [0, 0.05) is 36.7 Å². The number of nitrogens with one attached hydrogen (secondary N) is 2. The molecule has 1 aromatic rings. The predicted molar refractivity (Wildman–Crippen MR) is 119 cm³/mol. The summed E-state index contributed by atoms with van der Waals surface area (Å²) in [7, 11) is -3.58. The lowest BCUT2D eigenvalue weighted by atomic mass is 9.67. The summed E-state index contributed by atoms with van der Waals surface area (Å²) in [5, 5.41) is 6.26. The molecule has 5 atom stereocenters. The Balaban J connectivity index is 1.37. The zero-order valence-corrected chi connectivity index (χ0v) is 19.6. The Morgan fingerprint density at radius 1 is 1.19 bits per heavy atom. The molecule has 2 heterocycles. The number of morpholine rings is 1. The van der Waals surface area contributed by atoms with Crippen LogP contribution in [0.4, 0.5) is 0 Å². The number of sulfonamides is 1. The molecule has 0 aromatic heterocycles. The Kier molecular flexibility index (Phi) is 6.88. The lowest BCUT2D eigenvalue weighted by molar-refractivity contribution is -0.133. The fourth-order valence-electron chi connectivity index (χ4n) is 5.49. The highest BCUT2D eigenvalue weighted by atomic mass is 32.2. The lowest BCUT2D eigenvalue weighted by Gasteiger charge is -2.46. The molecule has 2 saturated heterocycles. The van der Waals surface area contributed by atoms with Crippen LogP contribution in [0, 0.1) is 17.8 Å². The molecular formula is C23H33N3O5S. The second kappa shape index (κ2) is 9.49. The van der Waals surface area contributed by atoms with Crippen LogP contribution in [0.2, 0.25) is 0 Å². The summed E-state index contributed by atoms with van der Waals surface area (Å²) in [6.07, 6.45) is 3.44. The van der Waals surface area contributed by atoms with Crippen LogP contribution in [0.1, 0.15) is 49.9 Å². The van der Waals surface area contributed by atoms with Gasteiger partial charge in [0.1, 0.15) is 0 Å². The van der Waals surface area contributed by atoms with E-state index < -0.39 is 10.0 Å². The van der Waals surface area contributed by atoms with Gasteiger partial charge in [-0.1, -0.05) is 13.8 Å². The van der Waals surface area contributed by atoms with Crippen LogP contribution in [-0.4, -0.2) is 62.9 Å². The summed E-state index contributed by atoms with van der Waals surface area (Å²) in [5.74, 6) is 0.803. The molecule has 1 saturated carbocycles. The maximum Gasteiger partial charge on any atom is 0.251 e. The van der Waals surface area contributed by atoms with Gasteiger partial charge in [0.25, 0.3) is 5.91 Å². The third-order valence-corrected chi connectivity index (χ3v) is 9.29. The van der Waals surface area contributed by atoms with Crippen molar-refractivity contribution in [1.82, 2.24) is 14.9 Å². The topological polar surface area (TPSA) is 105 Å². The first kappa shape index (κ1) is 23.2. The standard InChI is InChI=1S/C23H33N3O5S/c1-3-19-15(2)20-9-6-17(14-21(20)25-23(19)28)24-22(27)16-4-7-18(8-5-16)32(29,30)26-10-12-31-13-11-26/h4-5,7-8,15,17,19-21H,3,6,9-14H2,1-2H3,(H,24,27)(H,25,28). The summed E-state index contributed by atoms with van der Waals surface area (Å²) in [6.45, 7) is 5.69. The molecule has 8 nitrogen and oxygen atoms in total. The highest BCUT2D eigenvalue weighted by molar-refractivity contribution is 7.89. The van der Waals surface area contributed by atoms with Crippen LogP contribution in [0.25, 0.3) is 0 Å². The molecule has 5 unspecified atom stereocenters. The molecular weight excluding hydrogens is 430 g/mol. The number of benzene rings is 1. The molecule has 1 aliphatic carbocycles. The van der Waals surface area contributed by atoms with Gasteiger partial charge in [0.15, 0.2) is 0 Å². The first-order chi connectivity index (χ1) is 15.3. The van der Waals surface area contributed by atoms with Crippen molar-refractivity contribution in [3.63, 3.8) is 0 Å². The highest BCUT2D eigenvalue weighted by Crippen LogP contribution is 2.39. The number of nitrogens with zero attached hydrogens (tertiary/aromatic N) is 1. The van der Waals surface area contributed by atoms with Gasteiger partial charge in [-0.2, -0.15) is 4.31 Å². The molecule has 0 bridgehead atoms. The molecule has 1 aromatic carbocycles. The Hall–Kier alpha value is -1.97. The van der Waals surface area contributed by atoms with Crippen molar-refractivity contribution in [2.24, 2.45) is 17.8 Å². The van der Waals surface area contributed by atoms with Crippen molar-refractivity contribution in [1.29, 1.82) is 0 Å². The number of hydrogen-bond donors (Lipinski definition) is 2. The summed E-state index contributed by atoms with van der Waals surface area (Å²) in [4.78, 5) is 25.4. The number of fused-ring (bicyclic) bond motifs is 1. The van der Waals surface area contributed by atoms with E-state index in [1.165, 1.54) is 16.4 Å². The van der Waals surface area contributed by atoms with Crippen LogP contribution in [-0.2, 0) is 19.6 Å². The minimum Gasteiger partial charge on any atom is -0.379 e. The van der Waals surface area contributed by atoms with Gasteiger partial charge in [-0.05, 0) is 61.8 Å². The van der Waals surface area contributed by atoms with Gasteiger partial charge in [-0.25, -0.2) is 8.42 Å². The van der Waals surface area contributed by atoms with E-state index in [0.717, 1.165) is 25.7 Å². The molecule has 32 heavy (non-hydrogen) atoms. The van der Waals surface area contributed by atoms with Crippen molar-refractivity contribution in [2.75, 3.05) is 26.3 Å². The molecule has 0 radical (unpaired) electrons. The van der Waals surface area contributed by atoms with Gasteiger partial charge >= 0.3 is 0 Å². The molecule has 2 aliphatic heterocycles. The monoisotopic (exact) mass is 463 g/mol. The van der Waals surface area contributed by atoms with Crippen LogP contribution in [0.5, 0.6) is 0 Å². The summed E-state index contributed by atoms with van der Waals surface area (Å²) < 4.78 is 32.1. The molecule has 3 fully saturated rings. The van der Waals surface area contributed by atoms with E-state index in [0.29, 0.717) is 43.7 Å². The highest BCUT2D eigenvalue weighted by Gasteiger charge is 2.43. The van der Waals surface area contributed by atoms with Gasteiger partial charge < -0.3 is 15.4 Å². The van der Waals surface area contributed by atoms with Crippen molar-refractivity contribution in [3.8, 4) is 0 Å². The number of ether oxygens (including phenoxy) is 1. The summed E-state index contributed by atoms with van der Waals surface area (Å²) in [6, 6.07) is 6.19. The van der Waals surface area contributed by atoms with Crippen molar-refractivity contribution in [2.45, 2.75) is 56.5 Å². The Morgan fingerprint density at radius 2 is 1.88 bits per heavy atom. The number of hydrogen-bond acceptors (Lipinski definition) is 5. The van der Waals surface area contributed by atoms with Crippen molar-refractivity contribution in [3.05, 3.63) is 29.8 Å². The third-order valence-electron chi connectivity index (χ3n) is 7.38. The zero-order chi connectivity index (χ0) is 22.9. The average molecular weight is 464 g/mol. The molecule has 4 rings (SSSR count). The zero-order valence-electron chi connectivity index (χ0n) is 18.7. The first-order valence-corrected chi connectivity index (χ1v) is 13.0. The van der Waals surface area contributed by atoms with E-state index in [-0.39, 0.29) is 34.7 Å². The number of carbonyl (C=O) groups excluding carboxylic acids is 2. The molecule has 9 heteroatoms. The molecule has 176 valence electrons. The van der Waals surface area contributed by atoms with Gasteiger partial charge in [0.2, 0.25) is 15.9 Å². The van der Waals surface area contributed by atoms with E-state index in [4.69, 9.17) is 4.74 Å². The third kappa shape index (κ3) is 4.56. The molecule has 0 spiro atoms. The van der Waals surface area contributed by atoms with Crippen LogP contribution < -0.4 is 10.6 Å². The van der Waals surface area contributed by atoms with Crippen LogP contribution >= 0.6 is 0 Å². The lowest BCUT2D eigenvalue weighted by Crippen LogP contribution is -2.58. The first-order valence-electron chi connectivity index (χ1n) is 11.6. The Bertz CT molecular complexity index is 943. The van der Waals surface area contributed by atoms with Gasteiger partial charge in [0.05, 0.1) is 18.1 Å². The second-order valence-electron chi connectivity index (χ2n) is 9.18. The fraction of sp³-hybridized carbons (Fsp3) is 0.652. The largest absolute Gasteiger partial charge is 0.379 e. The summed E-state index contributed by atoms with van der Waals surface area (Å²) in [5.41, 5.74) is 0.431. The number of piperidine rings is 1. The smallest absolute Gasteiger partial charge is 0.251 e. The van der Waals surface area contributed by atoms with Crippen LogP contribution in [0.3, 0.4) is 0 Å². The molecule has 2 amide bonds. The average Bonchev–Trinajstić information content (AvgIpc) is 2.80. The fourth-order valence-corrected chi connectivity index (χ4v) is 6.90. The van der Waals surface area contributed by atoms with E-state index in [1.54, 1.807) is 12.1 Å². The quantitative estimate of drug-likeness (QED) is 0.693. The van der Waals surface area contributed by atoms with E-state index in [2.05, 4.69) is 24.5 Å². The van der Waals surface area contributed by atoms with E-state index in [9.17, 15) is 18.0 Å². The number of rotatable bonds is 5. The minimum absolute atomic E-state index is 0.00816. The molecule has 2 N–H and O–H groups in total. The maximum absolute atomic E-state index is 12.8. The second-order valence-corrected chi connectivity index (χ2v) is 11.1. The van der Waals surface area contributed by atoms with Crippen molar-refractivity contribution < 1.29 is 22.7 Å². The van der Waals surface area contributed by atoms with E-state index in [1.807, 2.05) is 0 Å². The Morgan fingerprint density at radius 3 is 2.53 bits per heavy atom. The predicted octanol–water partition coefficient (Wildman–Crippen LogP) is 1.77. The molecule has 3 aliphatic rings. The van der Waals surface area contributed by atoms with E-state index >= 15 is 0 Å². The normalized spacial score (nSPS) is 31.4. The van der Waals surface area contributed by atoms with Gasteiger partial charge in [-0.15, -0.1) is 0 Å². The number of amides is 2. The maximum atomic E-state index is 12.8. The minimum atomic E-state index is -3.58. The van der Waals surface area contributed by atoms with Gasteiger partial charge in [-0.3, -0.25) is 9.59 Å². The Labute approximate surface area is 190 Å².